The fourth-order valence-electron chi connectivity index (χ4n) is 2.08. The maximum atomic E-state index is 4.44. The molecule has 1 N–H and O–H groups in total. The molecule has 3 rings (SSSR count). The van der Waals surface area contributed by atoms with Crippen molar-refractivity contribution in [2.24, 2.45) is 5.10 Å². The molecule has 2 aromatic rings. The zero-order chi connectivity index (χ0) is 13.9. The minimum absolute atomic E-state index is 0.196. The summed E-state index contributed by atoms with van der Waals surface area (Å²) in [7, 11) is 4.10. The Balaban J connectivity index is 1.73. The van der Waals surface area contributed by atoms with Crippen LogP contribution in [0, 0.1) is 0 Å². The maximum Gasteiger partial charge on any atom is 0.126 e. The van der Waals surface area contributed by atoms with Crippen molar-refractivity contribution in [3.05, 3.63) is 65.7 Å². The number of nitrogens with zero attached hydrogens (tertiary/aromatic N) is 2. The van der Waals surface area contributed by atoms with Crippen LogP contribution in [0.1, 0.15) is 16.5 Å². The van der Waals surface area contributed by atoms with E-state index in [-0.39, 0.29) is 5.37 Å². The van der Waals surface area contributed by atoms with Crippen LogP contribution in [0.4, 0.5) is 5.69 Å². The van der Waals surface area contributed by atoms with Crippen LogP contribution in [0.5, 0.6) is 0 Å². The Kier molecular flexibility index (Phi) is 3.65. The lowest BCUT2D eigenvalue weighted by Crippen LogP contribution is -2.10. The van der Waals surface area contributed by atoms with Gasteiger partial charge >= 0.3 is 0 Å². The normalized spacial score (nSPS) is 17.5. The van der Waals surface area contributed by atoms with Crippen LogP contribution < -0.4 is 10.3 Å². The van der Waals surface area contributed by atoms with Gasteiger partial charge in [-0.15, -0.1) is 0 Å². The molecule has 0 bridgehead atoms. The van der Waals surface area contributed by atoms with Gasteiger partial charge in [-0.1, -0.05) is 54.2 Å². The molecule has 4 heteroatoms. The Morgan fingerprint density at radius 2 is 1.70 bits per heavy atom. The van der Waals surface area contributed by atoms with Gasteiger partial charge in [-0.3, -0.25) is 5.43 Å². The summed E-state index contributed by atoms with van der Waals surface area (Å²) in [5.74, 6) is 0. The number of rotatable bonds is 3. The number of hydrazone groups is 1. The van der Waals surface area contributed by atoms with E-state index in [9.17, 15) is 0 Å². The van der Waals surface area contributed by atoms with Crippen LogP contribution in [0.3, 0.4) is 0 Å². The van der Waals surface area contributed by atoms with Crippen LogP contribution in [0.15, 0.2) is 59.7 Å². The highest BCUT2D eigenvalue weighted by Crippen LogP contribution is 2.34. The second-order valence-corrected chi connectivity index (χ2v) is 5.99. The zero-order valence-electron chi connectivity index (χ0n) is 11.6. The topological polar surface area (TPSA) is 27.6 Å². The summed E-state index contributed by atoms with van der Waals surface area (Å²) in [4.78, 5) is 2.10. The molecule has 0 amide bonds. The number of thioether (sulfide) groups is 1. The first-order valence-corrected chi connectivity index (χ1v) is 7.44. The lowest BCUT2D eigenvalue weighted by molar-refractivity contribution is 0.744. The lowest BCUT2D eigenvalue weighted by atomic mass is 10.2. The van der Waals surface area contributed by atoms with Crippen molar-refractivity contribution in [2.45, 2.75) is 5.37 Å². The van der Waals surface area contributed by atoms with Crippen molar-refractivity contribution >= 4 is 22.5 Å². The Labute approximate surface area is 123 Å². The molecular formula is C16H17N3S. The van der Waals surface area contributed by atoms with Gasteiger partial charge in [-0.05, 0) is 17.7 Å². The molecule has 0 unspecified atom stereocenters. The summed E-state index contributed by atoms with van der Waals surface area (Å²) in [6.07, 6.45) is 0. The van der Waals surface area contributed by atoms with Crippen LogP contribution >= 0.6 is 11.8 Å². The lowest BCUT2D eigenvalue weighted by Gasteiger charge is -2.14. The number of nitrogens with one attached hydrogen (secondary N) is 1. The molecule has 0 aliphatic carbocycles. The number of benzene rings is 2. The number of hydrogen-bond acceptors (Lipinski definition) is 4. The minimum Gasteiger partial charge on any atom is -0.378 e. The summed E-state index contributed by atoms with van der Waals surface area (Å²) >= 11 is 1.76. The largest absolute Gasteiger partial charge is 0.378 e. The second-order valence-electron chi connectivity index (χ2n) is 4.90. The Morgan fingerprint density at radius 1 is 1.00 bits per heavy atom. The van der Waals surface area contributed by atoms with E-state index in [1.807, 2.05) is 32.3 Å². The third-order valence-corrected chi connectivity index (χ3v) is 4.41. The van der Waals surface area contributed by atoms with Crippen molar-refractivity contribution in [3.63, 3.8) is 0 Å². The molecular weight excluding hydrogens is 266 g/mol. The van der Waals surface area contributed by atoms with Gasteiger partial charge in [0.2, 0.25) is 0 Å². The second kappa shape index (κ2) is 5.59. The Hall–Kier alpha value is -1.94. The Morgan fingerprint density at radius 3 is 2.35 bits per heavy atom. The van der Waals surface area contributed by atoms with Crippen molar-refractivity contribution in [1.29, 1.82) is 0 Å². The molecule has 1 aliphatic rings. The van der Waals surface area contributed by atoms with E-state index in [0.717, 1.165) is 10.6 Å². The molecule has 1 atom stereocenters. The van der Waals surface area contributed by atoms with Crippen LogP contribution in [0.25, 0.3) is 0 Å². The standard InChI is InChI=1S/C16H17N3S/c1-19(2)14-10-8-13(9-11-14)16-18-17-15(20-16)12-6-4-3-5-7-12/h3-11,16,18H,1-2H3/t16-/m1/s1. The van der Waals surface area contributed by atoms with E-state index >= 15 is 0 Å². The third-order valence-electron chi connectivity index (χ3n) is 3.25. The van der Waals surface area contributed by atoms with E-state index in [4.69, 9.17) is 0 Å². The van der Waals surface area contributed by atoms with Gasteiger partial charge < -0.3 is 4.90 Å². The molecule has 0 fully saturated rings. The van der Waals surface area contributed by atoms with Gasteiger partial charge in [0, 0.05) is 25.3 Å². The van der Waals surface area contributed by atoms with E-state index in [1.165, 1.54) is 11.3 Å². The summed E-state index contributed by atoms with van der Waals surface area (Å²) in [5, 5.41) is 5.68. The predicted octanol–water partition coefficient (Wildman–Crippen LogP) is 3.45. The van der Waals surface area contributed by atoms with Crippen molar-refractivity contribution < 1.29 is 0 Å². The number of hydrogen-bond donors (Lipinski definition) is 1. The molecule has 3 nitrogen and oxygen atoms in total. The van der Waals surface area contributed by atoms with Gasteiger partial charge in [0.05, 0.1) is 0 Å². The fraction of sp³-hybridized carbons (Fsp3) is 0.188. The molecule has 102 valence electrons. The van der Waals surface area contributed by atoms with E-state index in [0.29, 0.717) is 0 Å². The maximum absolute atomic E-state index is 4.44. The Bertz CT molecular complexity index is 605. The first kappa shape index (κ1) is 13.1. The van der Waals surface area contributed by atoms with E-state index in [2.05, 4.69) is 51.8 Å². The summed E-state index contributed by atoms with van der Waals surface area (Å²) in [5.41, 5.74) is 6.83. The molecule has 0 spiro atoms. The van der Waals surface area contributed by atoms with Crippen molar-refractivity contribution in [3.8, 4) is 0 Å². The SMILES string of the molecule is CN(C)c1ccc([C@@H]2NN=C(c3ccccc3)S2)cc1. The molecule has 2 aromatic carbocycles. The van der Waals surface area contributed by atoms with Gasteiger partial charge in [0.1, 0.15) is 10.4 Å². The quantitative estimate of drug-likeness (QED) is 0.935. The molecule has 1 aliphatic heterocycles. The van der Waals surface area contributed by atoms with E-state index < -0.39 is 0 Å². The highest BCUT2D eigenvalue weighted by atomic mass is 32.2. The molecule has 0 saturated heterocycles. The zero-order valence-corrected chi connectivity index (χ0v) is 12.4. The highest BCUT2D eigenvalue weighted by Gasteiger charge is 2.21. The average molecular weight is 283 g/mol. The third kappa shape index (κ3) is 2.65. The van der Waals surface area contributed by atoms with Crippen molar-refractivity contribution in [1.82, 2.24) is 5.43 Å². The number of anilines is 1. The smallest absolute Gasteiger partial charge is 0.126 e. The summed E-state index contributed by atoms with van der Waals surface area (Å²) < 4.78 is 0. The predicted molar refractivity (Wildman–Crippen MR) is 87.2 cm³/mol. The van der Waals surface area contributed by atoms with Gasteiger partial charge in [0.15, 0.2) is 0 Å². The first-order valence-electron chi connectivity index (χ1n) is 6.56. The molecule has 1 heterocycles. The monoisotopic (exact) mass is 283 g/mol. The van der Waals surface area contributed by atoms with Gasteiger partial charge in [-0.2, -0.15) is 5.10 Å². The molecule has 0 radical (unpaired) electrons. The summed E-state index contributed by atoms with van der Waals surface area (Å²) in [6, 6.07) is 18.9. The van der Waals surface area contributed by atoms with Crippen LogP contribution in [-0.4, -0.2) is 19.1 Å². The van der Waals surface area contributed by atoms with Crippen molar-refractivity contribution in [2.75, 3.05) is 19.0 Å². The average Bonchev–Trinajstić information content (AvgIpc) is 2.98. The highest BCUT2D eigenvalue weighted by molar-refractivity contribution is 8.14. The molecule has 0 aromatic heterocycles. The first-order chi connectivity index (χ1) is 9.74. The van der Waals surface area contributed by atoms with E-state index in [1.54, 1.807) is 11.8 Å². The minimum atomic E-state index is 0.196. The van der Waals surface area contributed by atoms with Gasteiger partial charge in [-0.25, -0.2) is 0 Å². The molecule has 20 heavy (non-hydrogen) atoms. The van der Waals surface area contributed by atoms with Crippen LogP contribution in [-0.2, 0) is 0 Å². The van der Waals surface area contributed by atoms with Gasteiger partial charge in [0.25, 0.3) is 0 Å². The summed E-state index contributed by atoms with van der Waals surface area (Å²) in [6.45, 7) is 0. The fourth-order valence-corrected chi connectivity index (χ4v) is 3.08. The van der Waals surface area contributed by atoms with Crippen LogP contribution in [0.2, 0.25) is 0 Å². The molecule has 0 saturated carbocycles.